The Hall–Kier alpha value is -4.05. The predicted molar refractivity (Wildman–Crippen MR) is 124 cm³/mol. The summed E-state index contributed by atoms with van der Waals surface area (Å²) in [5.74, 6) is 1.25. The molecular formula is C28H24O4. The molecule has 1 N–H and O–H groups in total. The van der Waals surface area contributed by atoms with Gasteiger partial charge in [-0.15, -0.1) is 0 Å². The molecule has 0 fully saturated rings. The minimum absolute atomic E-state index is 0.0401. The molecule has 0 aliphatic carbocycles. The highest BCUT2D eigenvalue weighted by atomic mass is 16.5. The number of carboxylic acid groups (broad SMARTS) is 1. The number of aliphatic carboxylic acids is 1. The van der Waals surface area contributed by atoms with Crippen LogP contribution in [0.4, 0.5) is 0 Å². The zero-order valence-corrected chi connectivity index (χ0v) is 17.6. The lowest BCUT2D eigenvalue weighted by molar-refractivity contribution is -0.137. The molecule has 32 heavy (non-hydrogen) atoms. The minimum atomic E-state index is -0.822. The van der Waals surface area contributed by atoms with E-state index in [4.69, 9.17) is 9.47 Å². The van der Waals surface area contributed by atoms with Crippen molar-refractivity contribution in [3.63, 3.8) is 0 Å². The van der Waals surface area contributed by atoms with E-state index in [1.54, 1.807) is 0 Å². The van der Waals surface area contributed by atoms with E-state index in [1.807, 2.05) is 109 Å². The van der Waals surface area contributed by atoms with E-state index in [0.29, 0.717) is 6.61 Å². The first-order valence-electron chi connectivity index (χ1n) is 10.5. The van der Waals surface area contributed by atoms with Gasteiger partial charge in [0, 0.05) is 5.92 Å². The van der Waals surface area contributed by atoms with Crippen molar-refractivity contribution in [3.05, 3.63) is 126 Å². The summed E-state index contributed by atoms with van der Waals surface area (Å²) >= 11 is 0. The van der Waals surface area contributed by atoms with Gasteiger partial charge in [-0.05, 0) is 53.1 Å². The molecule has 0 aliphatic rings. The molecule has 0 saturated carbocycles. The van der Waals surface area contributed by atoms with Crippen LogP contribution in [0.2, 0.25) is 0 Å². The van der Waals surface area contributed by atoms with E-state index in [0.717, 1.165) is 33.9 Å². The summed E-state index contributed by atoms with van der Waals surface area (Å²) < 4.78 is 11.8. The van der Waals surface area contributed by atoms with E-state index in [2.05, 4.69) is 0 Å². The molecule has 0 amide bonds. The average molecular weight is 424 g/mol. The van der Waals surface area contributed by atoms with Gasteiger partial charge in [0.15, 0.2) is 0 Å². The molecule has 0 heterocycles. The van der Waals surface area contributed by atoms with E-state index >= 15 is 0 Å². The lowest BCUT2D eigenvalue weighted by atomic mass is 9.88. The van der Waals surface area contributed by atoms with Gasteiger partial charge < -0.3 is 14.6 Å². The van der Waals surface area contributed by atoms with Crippen LogP contribution in [0, 0.1) is 0 Å². The van der Waals surface area contributed by atoms with Crippen molar-refractivity contribution in [1.82, 2.24) is 0 Å². The Morgan fingerprint density at radius 3 is 2.00 bits per heavy atom. The van der Waals surface area contributed by atoms with E-state index in [1.165, 1.54) is 0 Å². The van der Waals surface area contributed by atoms with Gasteiger partial charge in [0.25, 0.3) is 0 Å². The molecule has 160 valence electrons. The summed E-state index contributed by atoms with van der Waals surface area (Å²) in [5.41, 5.74) is 2.93. The molecule has 0 saturated heterocycles. The highest BCUT2D eigenvalue weighted by molar-refractivity contribution is 5.69. The van der Waals surface area contributed by atoms with E-state index < -0.39 is 5.97 Å². The van der Waals surface area contributed by atoms with Crippen molar-refractivity contribution < 1.29 is 19.4 Å². The molecule has 0 aromatic heterocycles. The van der Waals surface area contributed by atoms with Crippen LogP contribution in [0.25, 0.3) is 0 Å². The van der Waals surface area contributed by atoms with Crippen LogP contribution in [0.15, 0.2) is 109 Å². The summed E-state index contributed by atoms with van der Waals surface area (Å²) in [7, 11) is 0. The molecule has 1 atom stereocenters. The smallest absolute Gasteiger partial charge is 0.304 e. The Bertz CT molecular complexity index is 1140. The monoisotopic (exact) mass is 424 g/mol. The molecule has 0 radical (unpaired) electrons. The van der Waals surface area contributed by atoms with Crippen molar-refractivity contribution >= 4 is 5.97 Å². The average Bonchev–Trinajstić information content (AvgIpc) is 2.83. The number of carbonyl (C=O) groups is 1. The first-order chi connectivity index (χ1) is 15.7. The number of carboxylic acids is 1. The van der Waals surface area contributed by atoms with Gasteiger partial charge in [-0.25, -0.2) is 0 Å². The standard InChI is InChI=1S/C28H24O4/c29-28(30)19-27(22-9-3-1-4-10-22)23-14-16-24(17-15-23)31-20-21-8-7-13-26(18-21)32-25-11-5-2-6-12-25/h1-18,27H,19-20H2,(H,29,30). The van der Waals surface area contributed by atoms with E-state index in [9.17, 15) is 9.90 Å². The SMILES string of the molecule is O=C(O)CC(c1ccccc1)c1ccc(OCc2cccc(Oc3ccccc3)c2)cc1. The molecule has 1 unspecified atom stereocenters. The molecule has 4 aromatic carbocycles. The quantitative estimate of drug-likeness (QED) is 0.326. The molecule has 4 rings (SSSR count). The maximum Gasteiger partial charge on any atom is 0.304 e. The lowest BCUT2D eigenvalue weighted by Gasteiger charge is -2.16. The van der Waals surface area contributed by atoms with Gasteiger partial charge in [-0.2, -0.15) is 0 Å². The third-order valence-electron chi connectivity index (χ3n) is 5.15. The maximum absolute atomic E-state index is 11.4. The third kappa shape index (κ3) is 5.76. The second kappa shape index (κ2) is 10.3. The molecule has 4 nitrogen and oxygen atoms in total. The van der Waals surface area contributed by atoms with Crippen LogP contribution < -0.4 is 9.47 Å². The molecule has 0 bridgehead atoms. The molecule has 4 aromatic rings. The second-order valence-corrected chi connectivity index (χ2v) is 7.48. The Balaban J connectivity index is 1.41. The Morgan fingerprint density at radius 2 is 1.31 bits per heavy atom. The van der Waals surface area contributed by atoms with Crippen molar-refractivity contribution in [2.24, 2.45) is 0 Å². The van der Waals surface area contributed by atoms with E-state index in [-0.39, 0.29) is 12.3 Å². The molecule has 0 spiro atoms. The first kappa shape index (κ1) is 21.2. The zero-order valence-electron chi connectivity index (χ0n) is 17.6. The summed E-state index contributed by atoms with van der Waals surface area (Å²) in [6, 6.07) is 34.8. The van der Waals surface area contributed by atoms with Crippen molar-refractivity contribution in [3.8, 4) is 17.2 Å². The topological polar surface area (TPSA) is 55.8 Å². The zero-order chi connectivity index (χ0) is 22.2. The number of benzene rings is 4. The Labute approximate surface area is 187 Å². The van der Waals surface area contributed by atoms with Crippen LogP contribution in [-0.4, -0.2) is 11.1 Å². The molecule has 0 aliphatic heterocycles. The van der Waals surface area contributed by atoms with Crippen LogP contribution in [0.5, 0.6) is 17.2 Å². The van der Waals surface area contributed by atoms with Gasteiger partial charge in [-0.3, -0.25) is 4.79 Å². The molecule has 4 heteroatoms. The van der Waals surface area contributed by atoms with Gasteiger partial charge in [0.2, 0.25) is 0 Å². The van der Waals surface area contributed by atoms with Crippen molar-refractivity contribution in [2.45, 2.75) is 18.9 Å². The van der Waals surface area contributed by atoms with Crippen LogP contribution in [0.1, 0.15) is 29.0 Å². The number of rotatable bonds is 9. The van der Waals surface area contributed by atoms with Gasteiger partial charge in [0.1, 0.15) is 23.9 Å². The fourth-order valence-corrected chi connectivity index (χ4v) is 3.57. The maximum atomic E-state index is 11.4. The molecular weight excluding hydrogens is 400 g/mol. The van der Waals surface area contributed by atoms with Crippen LogP contribution in [-0.2, 0) is 11.4 Å². The number of hydrogen-bond acceptors (Lipinski definition) is 3. The highest BCUT2D eigenvalue weighted by Crippen LogP contribution is 2.30. The van der Waals surface area contributed by atoms with Gasteiger partial charge in [0.05, 0.1) is 6.42 Å². The van der Waals surface area contributed by atoms with Gasteiger partial charge >= 0.3 is 5.97 Å². The summed E-state index contributed by atoms with van der Waals surface area (Å²) in [5, 5.41) is 9.35. The van der Waals surface area contributed by atoms with Crippen LogP contribution >= 0.6 is 0 Å². The third-order valence-corrected chi connectivity index (χ3v) is 5.15. The number of para-hydroxylation sites is 1. The number of hydrogen-bond donors (Lipinski definition) is 1. The minimum Gasteiger partial charge on any atom is -0.489 e. The Kier molecular flexibility index (Phi) is 6.83. The number of ether oxygens (including phenoxy) is 2. The predicted octanol–water partition coefficient (Wildman–Crippen LogP) is 6.66. The second-order valence-electron chi connectivity index (χ2n) is 7.48. The highest BCUT2D eigenvalue weighted by Gasteiger charge is 2.17. The summed E-state index contributed by atoms with van der Waals surface area (Å²) in [6.07, 6.45) is 0.0401. The van der Waals surface area contributed by atoms with Crippen LogP contribution in [0.3, 0.4) is 0 Å². The fourth-order valence-electron chi connectivity index (χ4n) is 3.57. The van der Waals surface area contributed by atoms with Crippen molar-refractivity contribution in [1.29, 1.82) is 0 Å². The summed E-state index contributed by atoms with van der Waals surface area (Å²) in [4.78, 5) is 11.4. The Morgan fingerprint density at radius 1 is 0.688 bits per heavy atom. The largest absolute Gasteiger partial charge is 0.489 e. The summed E-state index contributed by atoms with van der Waals surface area (Å²) in [6.45, 7) is 0.405. The first-order valence-corrected chi connectivity index (χ1v) is 10.5. The van der Waals surface area contributed by atoms with Crippen molar-refractivity contribution in [2.75, 3.05) is 0 Å². The fraction of sp³-hybridized carbons (Fsp3) is 0.107. The van der Waals surface area contributed by atoms with Gasteiger partial charge in [-0.1, -0.05) is 72.8 Å². The lowest BCUT2D eigenvalue weighted by Crippen LogP contribution is -2.08. The normalized spacial score (nSPS) is 11.5.